The number of carboxylic acids is 1. The molecule has 80 valence electrons. The molecule has 0 aliphatic rings. The van der Waals surface area contributed by atoms with E-state index >= 15 is 0 Å². The molecular weight excluding hydrogens is 234 g/mol. The maximum absolute atomic E-state index is 10.9. The van der Waals surface area contributed by atoms with Gasteiger partial charge in [0, 0.05) is 11.6 Å². The van der Waals surface area contributed by atoms with Gasteiger partial charge in [-0.05, 0) is 24.3 Å². The summed E-state index contributed by atoms with van der Waals surface area (Å²) in [5.74, 6) is -0.339. The number of ether oxygens (including phenoxy) is 1. The molecule has 0 saturated heterocycles. The van der Waals surface area contributed by atoms with Crippen LogP contribution in [0.3, 0.4) is 0 Å². The van der Waals surface area contributed by atoms with Gasteiger partial charge in [0.1, 0.15) is 5.75 Å². The van der Waals surface area contributed by atoms with Crippen molar-refractivity contribution in [1.29, 1.82) is 0 Å². The molecule has 1 aromatic carbocycles. The Bertz CT molecular complexity index is 528. The van der Waals surface area contributed by atoms with Crippen LogP contribution in [0.2, 0.25) is 0 Å². The van der Waals surface area contributed by atoms with Gasteiger partial charge in [-0.1, -0.05) is 0 Å². The number of carboxylic acid groups (broad SMARTS) is 1. The second-order valence-corrected chi connectivity index (χ2v) is 3.05. The van der Waals surface area contributed by atoms with E-state index in [9.17, 15) is 4.79 Å². The molecule has 0 spiro atoms. The van der Waals surface area contributed by atoms with Gasteiger partial charge in [-0.2, -0.15) is 0 Å². The van der Waals surface area contributed by atoms with Crippen LogP contribution in [0.4, 0.5) is 0 Å². The van der Waals surface area contributed by atoms with Crippen LogP contribution in [-0.2, 0) is 0 Å². The second kappa shape index (κ2) is 5.48. The maximum atomic E-state index is 10.9. The van der Waals surface area contributed by atoms with Crippen LogP contribution in [0.15, 0.2) is 30.5 Å². The van der Waals surface area contributed by atoms with E-state index < -0.39 is 5.97 Å². The molecule has 0 bridgehead atoms. The fraction of sp³-hybridized carbons (Fsp3) is 0.0909. The molecular formula is C11H11CaNO3. The van der Waals surface area contributed by atoms with Crippen LogP contribution >= 0.6 is 0 Å². The van der Waals surface area contributed by atoms with Gasteiger partial charge < -0.3 is 9.84 Å². The van der Waals surface area contributed by atoms with Gasteiger partial charge >= 0.3 is 43.7 Å². The molecule has 0 fully saturated rings. The fourth-order valence-electron chi connectivity index (χ4n) is 1.44. The Kier molecular flexibility index (Phi) is 4.53. The van der Waals surface area contributed by atoms with E-state index in [4.69, 9.17) is 9.84 Å². The SMILES string of the molecule is COc1ccc2nccc(C(=O)O)c2c1.[CaH2]. The first-order valence-corrected chi connectivity index (χ1v) is 4.38. The molecule has 16 heavy (non-hydrogen) atoms. The molecule has 2 aromatic rings. The summed E-state index contributed by atoms with van der Waals surface area (Å²) in [4.78, 5) is 15.0. The third-order valence-electron chi connectivity index (χ3n) is 2.18. The molecule has 0 atom stereocenters. The molecule has 0 unspecified atom stereocenters. The predicted molar refractivity (Wildman–Crippen MR) is 63.8 cm³/mol. The topological polar surface area (TPSA) is 59.4 Å². The summed E-state index contributed by atoms with van der Waals surface area (Å²) in [7, 11) is 1.54. The van der Waals surface area contributed by atoms with Crippen LogP contribution in [0.1, 0.15) is 10.4 Å². The zero-order valence-corrected chi connectivity index (χ0v) is 8.10. The summed E-state index contributed by atoms with van der Waals surface area (Å²) >= 11 is 0. The van der Waals surface area contributed by atoms with Crippen molar-refractivity contribution in [3.05, 3.63) is 36.0 Å². The van der Waals surface area contributed by atoms with Gasteiger partial charge in [-0.3, -0.25) is 4.98 Å². The van der Waals surface area contributed by atoms with Crippen LogP contribution < -0.4 is 4.74 Å². The number of benzene rings is 1. The van der Waals surface area contributed by atoms with Crippen molar-refractivity contribution in [2.75, 3.05) is 7.11 Å². The number of aromatic nitrogens is 1. The Labute approximate surface area is 122 Å². The molecule has 0 radical (unpaired) electrons. The van der Waals surface area contributed by atoms with Crippen molar-refractivity contribution < 1.29 is 14.6 Å². The molecule has 1 aromatic heterocycles. The number of hydrogen-bond acceptors (Lipinski definition) is 3. The van der Waals surface area contributed by atoms with Crippen LogP contribution in [0.5, 0.6) is 5.75 Å². The summed E-state index contributed by atoms with van der Waals surface area (Å²) in [6, 6.07) is 6.64. The van der Waals surface area contributed by atoms with Crippen molar-refractivity contribution in [3.63, 3.8) is 0 Å². The summed E-state index contributed by atoms with van der Waals surface area (Å²) in [6.07, 6.45) is 1.48. The Morgan fingerprint density at radius 1 is 1.38 bits per heavy atom. The number of aromatic carboxylic acids is 1. The average Bonchev–Trinajstić information content (AvgIpc) is 2.27. The van der Waals surface area contributed by atoms with E-state index in [0.717, 1.165) is 0 Å². The predicted octanol–water partition coefficient (Wildman–Crippen LogP) is 1.03. The van der Waals surface area contributed by atoms with E-state index in [2.05, 4.69) is 4.98 Å². The second-order valence-electron chi connectivity index (χ2n) is 3.05. The van der Waals surface area contributed by atoms with Crippen molar-refractivity contribution in [2.24, 2.45) is 0 Å². The van der Waals surface area contributed by atoms with Gasteiger partial charge in [-0.25, -0.2) is 4.79 Å². The Morgan fingerprint density at radius 2 is 2.12 bits per heavy atom. The molecule has 0 amide bonds. The van der Waals surface area contributed by atoms with E-state index in [1.807, 2.05) is 0 Å². The van der Waals surface area contributed by atoms with Crippen molar-refractivity contribution >= 4 is 54.6 Å². The fourth-order valence-corrected chi connectivity index (χ4v) is 1.44. The van der Waals surface area contributed by atoms with Gasteiger partial charge in [-0.15, -0.1) is 0 Å². The Balaban J connectivity index is 0.00000128. The number of fused-ring (bicyclic) bond motifs is 1. The first-order chi connectivity index (χ1) is 7.22. The number of rotatable bonds is 2. The number of hydrogen-bond donors (Lipinski definition) is 1. The van der Waals surface area contributed by atoms with Crippen LogP contribution in [0.25, 0.3) is 10.9 Å². The average molecular weight is 245 g/mol. The molecule has 0 saturated carbocycles. The molecule has 5 heteroatoms. The van der Waals surface area contributed by atoms with E-state index in [1.54, 1.807) is 18.2 Å². The Morgan fingerprint density at radius 3 is 2.75 bits per heavy atom. The summed E-state index contributed by atoms with van der Waals surface area (Å²) in [5.41, 5.74) is 0.884. The Hall–Kier alpha value is -0.840. The standard InChI is InChI=1S/C11H9NO3.Ca.2H/c1-15-7-2-3-10-9(6-7)8(11(13)14)4-5-12-10;;;/h2-6H,1H3,(H,13,14);;;. The molecule has 2 rings (SSSR count). The van der Waals surface area contributed by atoms with E-state index in [-0.39, 0.29) is 43.3 Å². The molecule has 1 heterocycles. The number of pyridine rings is 1. The van der Waals surface area contributed by atoms with E-state index in [0.29, 0.717) is 16.7 Å². The van der Waals surface area contributed by atoms with Gasteiger partial charge in [0.25, 0.3) is 0 Å². The van der Waals surface area contributed by atoms with Gasteiger partial charge in [0.15, 0.2) is 0 Å². The third kappa shape index (κ3) is 2.45. The zero-order chi connectivity index (χ0) is 10.8. The minimum atomic E-state index is -0.962. The first kappa shape index (κ1) is 13.2. The first-order valence-electron chi connectivity index (χ1n) is 4.38. The molecule has 0 aliphatic carbocycles. The zero-order valence-electron chi connectivity index (χ0n) is 8.10. The quantitative estimate of drug-likeness (QED) is 0.803. The minimum absolute atomic E-state index is 0. The van der Waals surface area contributed by atoms with Gasteiger partial charge in [0.05, 0.1) is 18.2 Å². The summed E-state index contributed by atoms with van der Waals surface area (Å²) in [6.45, 7) is 0. The third-order valence-corrected chi connectivity index (χ3v) is 2.18. The molecule has 1 N–H and O–H groups in total. The summed E-state index contributed by atoms with van der Waals surface area (Å²) < 4.78 is 5.04. The number of methoxy groups -OCH3 is 1. The molecule has 0 aliphatic heterocycles. The van der Waals surface area contributed by atoms with Crippen molar-refractivity contribution in [2.45, 2.75) is 0 Å². The molecule has 4 nitrogen and oxygen atoms in total. The number of carbonyl (C=O) groups is 1. The van der Waals surface area contributed by atoms with E-state index in [1.165, 1.54) is 19.4 Å². The summed E-state index contributed by atoms with van der Waals surface area (Å²) in [5, 5.41) is 9.57. The normalized spacial score (nSPS) is 9.56. The number of nitrogens with zero attached hydrogens (tertiary/aromatic N) is 1. The van der Waals surface area contributed by atoms with Gasteiger partial charge in [0.2, 0.25) is 0 Å². The van der Waals surface area contributed by atoms with Crippen LogP contribution in [-0.4, -0.2) is 60.9 Å². The van der Waals surface area contributed by atoms with Crippen molar-refractivity contribution in [1.82, 2.24) is 4.98 Å². The van der Waals surface area contributed by atoms with Crippen LogP contribution in [0, 0.1) is 0 Å². The monoisotopic (exact) mass is 245 g/mol. The van der Waals surface area contributed by atoms with Crippen molar-refractivity contribution in [3.8, 4) is 5.75 Å².